The van der Waals surface area contributed by atoms with Crippen LogP contribution in [0.3, 0.4) is 0 Å². The molecule has 0 saturated carbocycles. The standard InChI is InChI=1S/C10H14BrNO2/c1-12(2)6-7-4-8(11)10(13)9(5-7)14-3/h4-5,13H,6H2,1-3H3. The second kappa shape index (κ2) is 4.66. The van der Waals surface area contributed by atoms with E-state index in [9.17, 15) is 5.11 Å². The molecule has 1 rings (SSSR count). The van der Waals surface area contributed by atoms with Gasteiger partial charge in [0.2, 0.25) is 0 Å². The molecule has 3 nitrogen and oxygen atoms in total. The van der Waals surface area contributed by atoms with Crippen LogP contribution >= 0.6 is 15.9 Å². The van der Waals surface area contributed by atoms with Crippen LogP contribution in [0, 0.1) is 0 Å². The van der Waals surface area contributed by atoms with Crippen LogP contribution in [0.1, 0.15) is 5.56 Å². The van der Waals surface area contributed by atoms with Crippen LogP contribution in [0.25, 0.3) is 0 Å². The van der Waals surface area contributed by atoms with Gasteiger partial charge in [0, 0.05) is 6.54 Å². The molecule has 0 fully saturated rings. The van der Waals surface area contributed by atoms with E-state index in [-0.39, 0.29) is 5.75 Å². The number of rotatable bonds is 3. The molecule has 14 heavy (non-hydrogen) atoms. The van der Waals surface area contributed by atoms with Gasteiger partial charge in [-0.05, 0) is 47.7 Å². The Kier molecular flexibility index (Phi) is 3.77. The Morgan fingerprint density at radius 2 is 2.07 bits per heavy atom. The molecule has 0 atom stereocenters. The molecule has 0 aromatic heterocycles. The van der Waals surface area contributed by atoms with Gasteiger partial charge in [-0.15, -0.1) is 0 Å². The van der Waals surface area contributed by atoms with Gasteiger partial charge >= 0.3 is 0 Å². The molecule has 0 radical (unpaired) electrons. The molecular weight excluding hydrogens is 246 g/mol. The van der Waals surface area contributed by atoms with E-state index in [0.29, 0.717) is 10.2 Å². The molecule has 0 aliphatic rings. The summed E-state index contributed by atoms with van der Waals surface area (Å²) in [5.41, 5.74) is 1.09. The Labute approximate surface area is 92.4 Å². The molecule has 1 N–H and O–H groups in total. The van der Waals surface area contributed by atoms with Crippen molar-refractivity contribution in [3.05, 3.63) is 22.2 Å². The second-order valence-corrected chi connectivity index (χ2v) is 4.22. The smallest absolute Gasteiger partial charge is 0.172 e. The third-order valence-electron chi connectivity index (χ3n) is 1.81. The Morgan fingerprint density at radius 3 is 2.57 bits per heavy atom. The van der Waals surface area contributed by atoms with Gasteiger partial charge in [-0.3, -0.25) is 0 Å². The summed E-state index contributed by atoms with van der Waals surface area (Å²) >= 11 is 3.28. The normalized spacial score (nSPS) is 10.6. The molecular formula is C10H14BrNO2. The second-order valence-electron chi connectivity index (χ2n) is 3.37. The molecule has 1 aromatic carbocycles. The average molecular weight is 260 g/mol. The summed E-state index contributed by atoms with van der Waals surface area (Å²) in [5, 5.41) is 9.57. The van der Waals surface area contributed by atoms with Crippen molar-refractivity contribution in [3.8, 4) is 11.5 Å². The number of methoxy groups -OCH3 is 1. The predicted molar refractivity (Wildman–Crippen MR) is 59.7 cm³/mol. The number of phenols is 1. The van der Waals surface area contributed by atoms with Crippen LogP contribution in [0.5, 0.6) is 11.5 Å². The first-order valence-electron chi connectivity index (χ1n) is 4.24. The highest BCUT2D eigenvalue weighted by molar-refractivity contribution is 9.10. The zero-order valence-corrected chi connectivity index (χ0v) is 10.1. The summed E-state index contributed by atoms with van der Waals surface area (Å²) < 4.78 is 5.71. The Morgan fingerprint density at radius 1 is 1.43 bits per heavy atom. The molecule has 0 heterocycles. The van der Waals surface area contributed by atoms with Crippen LogP contribution in [0.4, 0.5) is 0 Å². The first kappa shape index (κ1) is 11.3. The molecule has 1 aromatic rings. The van der Waals surface area contributed by atoms with Crippen LogP contribution in [-0.2, 0) is 6.54 Å². The van der Waals surface area contributed by atoms with Gasteiger partial charge < -0.3 is 14.7 Å². The summed E-state index contributed by atoms with van der Waals surface area (Å²) in [5.74, 6) is 0.645. The van der Waals surface area contributed by atoms with E-state index >= 15 is 0 Å². The van der Waals surface area contributed by atoms with E-state index in [4.69, 9.17) is 4.74 Å². The third kappa shape index (κ3) is 2.62. The lowest BCUT2D eigenvalue weighted by molar-refractivity contribution is 0.367. The summed E-state index contributed by atoms with van der Waals surface area (Å²) in [6.07, 6.45) is 0. The summed E-state index contributed by atoms with van der Waals surface area (Å²) in [7, 11) is 5.53. The molecule has 0 aliphatic heterocycles. The quantitative estimate of drug-likeness (QED) is 0.904. The fraction of sp³-hybridized carbons (Fsp3) is 0.400. The topological polar surface area (TPSA) is 32.7 Å². The highest BCUT2D eigenvalue weighted by Crippen LogP contribution is 2.35. The Bertz CT molecular complexity index is 326. The number of benzene rings is 1. The molecule has 0 bridgehead atoms. The lowest BCUT2D eigenvalue weighted by atomic mass is 10.2. The highest BCUT2D eigenvalue weighted by atomic mass is 79.9. The number of phenolic OH excluding ortho intramolecular Hbond substituents is 1. The van der Waals surface area contributed by atoms with Crippen molar-refractivity contribution in [1.82, 2.24) is 4.90 Å². The Hall–Kier alpha value is -0.740. The number of hydrogen-bond acceptors (Lipinski definition) is 3. The first-order chi connectivity index (χ1) is 6.54. The van der Waals surface area contributed by atoms with Gasteiger partial charge in [0.1, 0.15) is 0 Å². The maximum atomic E-state index is 9.57. The van der Waals surface area contributed by atoms with Crippen molar-refractivity contribution in [3.63, 3.8) is 0 Å². The number of nitrogens with zero attached hydrogens (tertiary/aromatic N) is 1. The minimum absolute atomic E-state index is 0.148. The zero-order valence-electron chi connectivity index (χ0n) is 8.54. The van der Waals surface area contributed by atoms with Crippen molar-refractivity contribution in [2.75, 3.05) is 21.2 Å². The van der Waals surface area contributed by atoms with Crippen molar-refractivity contribution >= 4 is 15.9 Å². The maximum Gasteiger partial charge on any atom is 0.172 e. The van der Waals surface area contributed by atoms with Gasteiger partial charge in [0.15, 0.2) is 11.5 Å². The molecule has 0 spiro atoms. The van der Waals surface area contributed by atoms with Gasteiger partial charge in [-0.2, -0.15) is 0 Å². The lowest BCUT2D eigenvalue weighted by Crippen LogP contribution is -2.10. The number of halogens is 1. The van der Waals surface area contributed by atoms with Gasteiger partial charge in [-0.25, -0.2) is 0 Å². The summed E-state index contributed by atoms with van der Waals surface area (Å²) in [4.78, 5) is 2.05. The van der Waals surface area contributed by atoms with E-state index in [2.05, 4.69) is 20.8 Å². The predicted octanol–water partition coefficient (Wildman–Crippen LogP) is 2.22. The van der Waals surface area contributed by atoms with Crippen molar-refractivity contribution < 1.29 is 9.84 Å². The van der Waals surface area contributed by atoms with Crippen LogP contribution in [-0.4, -0.2) is 31.2 Å². The number of hydrogen-bond donors (Lipinski definition) is 1. The first-order valence-corrected chi connectivity index (χ1v) is 5.04. The molecule has 4 heteroatoms. The highest BCUT2D eigenvalue weighted by Gasteiger charge is 2.08. The van der Waals surface area contributed by atoms with E-state index < -0.39 is 0 Å². The van der Waals surface area contributed by atoms with Crippen LogP contribution < -0.4 is 4.74 Å². The van der Waals surface area contributed by atoms with Gasteiger partial charge in [0.25, 0.3) is 0 Å². The zero-order chi connectivity index (χ0) is 10.7. The fourth-order valence-corrected chi connectivity index (χ4v) is 1.73. The number of aromatic hydroxyl groups is 1. The molecule has 0 saturated heterocycles. The summed E-state index contributed by atoms with van der Waals surface area (Å²) in [6, 6.07) is 3.72. The van der Waals surface area contributed by atoms with Crippen molar-refractivity contribution in [1.29, 1.82) is 0 Å². The maximum absolute atomic E-state index is 9.57. The van der Waals surface area contributed by atoms with Crippen LogP contribution in [0.15, 0.2) is 16.6 Å². The van der Waals surface area contributed by atoms with E-state index in [1.54, 1.807) is 7.11 Å². The third-order valence-corrected chi connectivity index (χ3v) is 2.41. The SMILES string of the molecule is COc1cc(CN(C)C)cc(Br)c1O. The average Bonchev–Trinajstić information content (AvgIpc) is 2.10. The van der Waals surface area contributed by atoms with Crippen molar-refractivity contribution in [2.24, 2.45) is 0 Å². The summed E-state index contributed by atoms with van der Waals surface area (Å²) in [6.45, 7) is 0.815. The molecule has 0 amide bonds. The monoisotopic (exact) mass is 259 g/mol. The van der Waals surface area contributed by atoms with Gasteiger partial charge in [0.05, 0.1) is 11.6 Å². The minimum atomic E-state index is 0.148. The molecule has 0 unspecified atom stereocenters. The molecule has 78 valence electrons. The largest absolute Gasteiger partial charge is 0.503 e. The minimum Gasteiger partial charge on any atom is -0.503 e. The van der Waals surface area contributed by atoms with E-state index in [1.165, 1.54) is 0 Å². The lowest BCUT2D eigenvalue weighted by Gasteiger charge is -2.12. The molecule has 0 aliphatic carbocycles. The number of ether oxygens (including phenoxy) is 1. The van der Waals surface area contributed by atoms with Crippen molar-refractivity contribution in [2.45, 2.75) is 6.54 Å². The Balaban J connectivity index is 3.03. The van der Waals surface area contributed by atoms with Gasteiger partial charge in [-0.1, -0.05) is 0 Å². The van der Waals surface area contributed by atoms with Crippen LogP contribution in [0.2, 0.25) is 0 Å². The van der Waals surface area contributed by atoms with E-state index in [0.717, 1.165) is 12.1 Å². The van der Waals surface area contributed by atoms with E-state index in [1.807, 2.05) is 26.2 Å². The fourth-order valence-electron chi connectivity index (χ4n) is 1.24.